The Kier molecular flexibility index (Phi) is 5.76. The van der Waals surface area contributed by atoms with Crippen LogP contribution in [0.4, 0.5) is 18.9 Å². The highest BCUT2D eigenvalue weighted by Crippen LogP contribution is 2.38. The molecule has 0 radical (unpaired) electrons. The van der Waals surface area contributed by atoms with Crippen LogP contribution < -0.4 is 9.64 Å². The van der Waals surface area contributed by atoms with E-state index < -0.39 is 23.9 Å². The van der Waals surface area contributed by atoms with E-state index in [1.807, 2.05) is 0 Å². The van der Waals surface area contributed by atoms with E-state index in [4.69, 9.17) is 5.11 Å². The Labute approximate surface area is 162 Å². The molecule has 1 heterocycles. The van der Waals surface area contributed by atoms with Crippen LogP contribution in [0.1, 0.15) is 5.56 Å². The fourth-order valence-electron chi connectivity index (χ4n) is 2.68. The summed E-state index contributed by atoms with van der Waals surface area (Å²) in [4.78, 5) is 26.9. The molecule has 0 saturated heterocycles. The Bertz CT molecular complexity index is 911. The number of hydrogen-bond acceptors (Lipinski definition) is 5. The van der Waals surface area contributed by atoms with Crippen LogP contribution in [0.15, 0.2) is 59.5 Å². The van der Waals surface area contributed by atoms with Gasteiger partial charge in [0.15, 0.2) is 0 Å². The summed E-state index contributed by atoms with van der Waals surface area (Å²) >= 11 is 1.05. The van der Waals surface area contributed by atoms with Crippen molar-refractivity contribution in [3.63, 3.8) is 0 Å². The molecule has 0 aromatic heterocycles. The minimum absolute atomic E-state index is 0.123. The number of ether oxygens (including phenoxy) is 1. The second-order valence-electron chi connectivity index (χ2n) is 5.63. The maximum absolute atomic E-state index is 13.0. The maximum Gasteiger partial charge on any atom is 0.573 e. The van der Waals surface area contributed by atoms with Gasteiger partial charge in [0.1, 0.15) is 5.75 Å². The molecule has 0 aliphatic carbocycles. The Morgan fingerprint density at radius 1 is 0.964 bits per heavy atom. The molecule has 28 heavy (non-hydrogen) atoms. The number of hydrogen-bond donors (Lipinski definition) is 1. The van der Waals surface area contributed by atoms with Gasteiger partial charge in [0.05, 0.1) is 22.8 Å². The zero-order chi connectivity index (χ0) is 20.3. The molecule has 3 rings (SSSR count). The normalized spacial score (nSPS) is 14.8. The number of aliphatic hydroxyl groups excluding tert-OH is 1. The van der Waals surface area contributed by atoms with Gasteiger partial charge in [-0.05, 0) is 29.8 Å². The molecular formula is C19H14F3NO4S. The molecule has 1 aliphatic rings. The van der Waals surface area contributed by atoms with Crippen molar-refractivity contribution in [3.05, 3.63) is 65.1 Å². The van der Waals surface area contributed by atoms with Crippen molar-refractivity contribution in [1.29, 1.82) is 0 Å². The van der Waals surface area contributed by atoms with Crippen molar-refractivity contribution in [2.75, 3.05) is 17.3 Å². The number of alkyl halides is 3. The van der Waals surface area contributed by atoms with Crippen molar-refractivity contribution in [2.45, 2.75) is 6.36 Å². The lowest BCUT2D eigenvalue weighted by Gasteiger charge is -2.16. The number of anilines is 1. The molecule has 9 heteroatoms. The number of carbonyl (C=O) groups excluding carboxylic acids is 2. The first-order valence-electron chi connectivity index (χ1n) is 8.10. The molecule has 0 saturated carbocycles. The Hall–Kier alpha value is -2.78. The van der Waals surface area contributed by atoms with Gasteiger partial charge < -0.3 is 9.84 Å². The van der Waals surface area contributed by atoms with Crippen molar-refractivity contribution in [3.8, 4) is 5.75 Å². The third kappa shape index (κ3) is 4.20. The van der Waals surface area contributed by atoms with Gasteiger partial charge in [-0.2, -0.15) is 0 Å². The molecule has 0 unspecified atom stereocenters. The molecule has 2 amide bonds. The fourth-order valence-corrected chi connectivity index (χ4v) is 3.54. The van der Waals surface area contributed by atoms with Crippen LogP contribution >= 0.6 is 11.8 Å². The lowest BCUT2D eigenvalue weighted by Crippen LogP contribution is -2.31. The number of halogens is 3. The van der Waals surface area contributed by atoms with Crippen LogP contribution in [0.2, 0.25) is 0 Å². The number of aliphatic hydroxyl groups is 1. The first-order chi connectivity index (χ1) is 13.3. The molecular weight excluding hydrogens is 395 g/mol. The van der Waals surface area contributed by atoms with Crippen LogP contribution in [0, 0.1) is 0 Å². The predicted molar refractivity (Wildman–Crippen MR) is 98.5 cm³/mol. The third-order valence-electron chi connectivity index (χ3n) is 3.77. The van der Waals surface area contributed by atoms with E-state index in [1.165, 1.54) is 12.1 Å². The molecule has 0 fully saturated rings. The fraction of sp³-hybridized carbons (Fsp3) is 0.158. The topological polar surface area (TPSA) is 66.8 Å². The lowest BCUT2D eigenvalue weighted by atomic mass is 10.1. The highest BCUT2D eigenvalue weighted by Gasteiger charge is 2.40. The van der Waals surface area contributed by atoms with Crippen molar-refractivity contribution >= 4 is 34.8 Å². The van der Waals surface area contributed by atoms with Gasteiger partial charge in [-0.15, -0.1) is 24.9 Å². The highest BCUT2D eigenvalue weighted by atomic mass is 32.2. The van der Waals surface area contributed by atoms with E-state index in [0.29, 0.717) is 5.56 Å². The zero-order valence-corrected chi connectivity index (χ0v) is 15.1. The second-order valence-corrected chi connectivity index (χ2v) is 6.73. The monoisotopic (exact) mass is 409 g/mol. The van der Waals surface area contributed by atoms with Gasteiger partial charge in [0, 0.05) is 5.75 Å². The molecule has 2 aromatic rings. The lowest BCUT2D eigenvalue weighted by molar-refractivity contribution is -0.274. The first-order valence-corrected chi connectivity index (χ1v) is 9.08. The number of carbonyl (C=O) groups is 2. The summed E-state index contributed by atoms with van der Waals surface area (Å²) in [6.07, 6.45) is -4.84. The van der Waals surface area contributed by atoms with Gasteiger partial charge in [-0.25, -0.2) is 4.90 Å². The van der Waals surface area contributed by atoms with Crippen molar-refractivity contribution in [1.82, 2.24) is 0 Å². The quantitative estimate of drug-likeness (QED) is 0.739. The number of thioether (sulfide) groups is 1. The summed E-state index contributed by atoms with van der Waals surface area (Å²) in [6, 6.07) is 13.1. The largest absolute Gasteiger partial charge is 0.573 e. The van der Waals surface area contributed by atoms with Gasteiger partial charge >= 0.3 is 6.36 Å². The molecule has 5 nitrogen and oxygen atoms in total. The van der Waals surface area contributed by atoms with Crippen molar-refractivity contribution in [2.24, 2.45) is 0 Å². The Balaban J connectivity index is 1.94. The van der Waals surface area contributed by atoms with Crippen molar-refractivity contribution < 1.29 is 32.6 Å². The third-order valence-corrected chi connectivity index (χ3v) is 4.82. The van der Waals surface area contributed by atoms with Crippen LogP contribution in [-0.2, 0) is 9.59 Å². The van der Waals surface area contributed by atoms with Crippen LogP contribution in [0.3, 0.4) is 0 Å². The predicted octanol–water partition coefficient (Wildman–Crippen LogP) is 3.60. The average Bonchev–Trinajstić information content (AvgIpc) is 2.90. The first kappa shape index (κ1) is 20.0. The summed E-state index contributed by atoms with van der Waals surface area (Å²) in [7, 11) is 0. The van der Waals surface area contributed by atoms with E-state index in [1.54, 1.807) is 30.3 Å². The molecule has 0 spiro atoms. The minimum atomic E-state index is -4.84. The second kappa shape index (κ2) is 8.07. The number of amides is 2. The number of nitrogens with zero attached hydrogens (tertiary/aromatic N) is 1. The smallest absolute Gasteiger partial charge is 0.406 e. The van der Waals surface area contributed by atoms with Gasteiger partial charge in [-0.3, -0.25) is 9.59 Å². The zero-order valence-electron chi connectivity index (χ0n) is 14.3. The minimum Gasteiger partial charge on any atom is -0.406 e. The standard InChI is InChI=1S/C19H14F3NO4S/c20-19(21,22)27-14-8-6-13(7-9-14)23-17(25)15(12-4-2-1-3-5-12)16(18(23)26)28-11-10-24/h1-9,24H,10-11H2. The van der Waals surface area contributed by atoms with Gasteiger partial charge in [0.2, 0.25) is 0 Å². The number of benzene rings is 2. The van der Waals surface area contributed by atoms with E-state index in [2.05, 4.69) is 4.74 Å². The summed E-state index contributed by atoms with van der Waals surface area (Å²) in [5.74, 6) is -1.41. The van der Waals surface area contributed by atoms with Crippen LogP contribution in [0.25, 0.3) is 5.57 Å². The van der Waals surface area contributed by atoms with Crippen LogP contribution in [-0.4, -0.2) is 35.6 Å². The maximum atomic E-state index is 13.0. The number of imide groups is 1. The van der Waals surface area contributed by atoms with E-state index in [0.717, 1.165) is 28.8 Å². The van der Waals surface area contributed by atoms with E-state index >= 15 is 0 Å². The summed E-state index contributed by atoms with van der Waals surface area (Å²) < 4.78 is 40.7. The summed E-state index contributed by atoms with van der Waals surface area (Å²) in [6.45, 7) is -0.179. The van der Waals surface area contributed by atoms with Crippen LogP contribution in [0.5, 0.6) is 5.75 Å². The Morgan fingerprint density at radius 3 is 2.18 bits per heavy atom. The Morgan fingerprint density at radius 2 is 1.61 bits per heavy atom. The molecule has 0 bridgehead atoms. The van der Waals surface area contributed by atoms with Gasteiger partial charge in [-0.1, -0.05) is 30.3 Å². The molecule has 1 aliphatic heterocycles. The molecule has 1 N–H and O–H groups in total. The molecule has 0 atom stereocenters. The average molecular weight is 409 g/mol. The van der Waals surface area contributed by atoms with E-state index in [-0.39, 0.29) is 28.5 Å². The molecule has 2 aromatic carbocycles. The van der Waals surface area contributed by atoms with Gasteiger partial charge in [0.25, 0.3) is 11.8 Å². The SMILES string of the molecule is O=C1C(SCCO)=C(c2ccccc2)C(=O)N1c1ccc(OC(F)(F)F)cc1. The summed E-state index contributed by atoms with van der Waals surface area (Å²) in [5, 5.41) is 9.08. The molecule has 146 valence electrons. The summed E-state index contributed by atoms with van der Waals surface area (Å²) in [5.41, 5.74) is 0.859. The van der Waals surface area contributed by atoms with E-state index in [9.17, 15) is 22.8 Å². The number of rotatable bonds is 6. The highest BCUT2D eigenvalue weighted by molar-refractivity contribution is 8.04.